The lowest BCUT2D eigenvalue weighted by Crippen LogP contribution is -2.28. The van der Waals surface area contributed by atoms with Gasteiger partial charge in [-0.1, -0.05) is 39.0 Å². The minimum atomic E-state index is 0.0543. The minimum absolute atomic E-state index is 0.0543. The summed E-state index contributed by atoms with van der Waals surface area (Å²) >= 11 is 0. The molecule has 2 aromatic rings. The number of pyridine rings is 1. The molecule has 1 heterocycles. The van der Waals surface area contributed by atoms with E-state index >= 15 is 0 Å². The average Bonchev–Trinajstić information content (AvgIpc) is 2.37. The van der Waals surface area contributed by atoms with E-state index in [1.807, 2.05) is 12.4 Å². The number of fused-ring (bicyclic) bond motifs is 1. The second-order valence-electron chi connectivity index (χ2n) is 5.26. The van der Waals surface area contributed by atoms with Gasteiger partial charge in [0.05, 0.1) is 0 Å². The van der Waals surface area contributed by atoms with Gasteiger partial charge in [-0.15, -0.1) is 0 Å². The van der Waals surface area contributed by atoms with Crippen molar-refractivity contribution in [3.8, 4) is 0 Å². The van der Waals surface area contributed by atoms with Gasteiger partial charge in [-0.05, 0) is 28.9 Å². The lowest BCUT2D eigenvalue weighted by Gasteiger charge is -2.31. The highest BCUT2D eigenvalue weighted by Crippen LogP contribution is 2.36. The van der Waals surface area contributed by atoms with Crippen LogP contribution in [-0.4, -0.2) is 4.98 Å². The molecular formula is C15H20N2. The molecule has 0 aliphatic carbocycles. The Morgan fingerprint density at radius 3 is 2.76 bits per heavy atom. The van der Waals surface area contributed by atoms with Gasteiger partial charge in [0.25, 0.3) is 0 Å². The maximum absolute atomic E-state index is 6.43. The van der Waals surface area contributed by atoms with Crippen LogP contribution in [0.1, 0.15) is 38.8 Å². The van der Waals surface area contributed by atoms with Crippen molar-refractivity contribution >= 4 is 10.8 Å². The highest BCUT2D eigenvalue weighted by molar-refractivity contribution is 5.85. The molecule has 2 nitrogen and oxygen atoms in total. The fourth-order valence-electron chi connectivity index (χ4n) is 2.06. The Labute approximate surface area is 103 Å². The lowest BCUT2D eigenvalue weighted by molar-refractivity contribution is 0.280. The molecule has 0 aliphatic rings. The van der Waals surface area contributed by atoms with Gasteiger partial charge < -0.3 is 5.73 Å². The Balaban J connectivity index is 2.56. The quantitative estimate of drug-likeness (QED) is 0.870. The first kappa shape index (κ1) is 12.1. The van der Waals surface area contributed by atoms with E-state index in [4.69, 9.17) is 5.73 Å². The third-order valence-electron chi connectivity index (χ3n) is 3.80. The average molecular weight is 228 g/mol. The molecule has 1 unspecified atom stereocenters. The van der Waals surface area contributed by atoms with Gasteiger partial charge in [0.2, 0.25) is 0 Å². The van der Waals surface area contributed by atoms with Crippen molar-refractivity contribution in [3.63, 3.8) is 0 Å². The van der Waals surface area contributed by atoms with E-state index in [2.05, 4.69) is 50.0 Å². The fourth-order valence-corrected chi connectivity index (χ4v) is 2.06. The van der Waals surface area contributed by atoms with Gasteiger partial charge in [-0.2, -0.15) is 0 Å². The molecule has 2 heteroatoms. The Morgan fingerprint density at radius 1 is 1.29 bits per heavy atom. The van der Waals surface area contributed by atoms with Gasteiger partial charge in [-0.25, -0.2) is 0 Å². The van der Waals surface area contributed by atoms with E-state index in [1.54, 1.807) is 0 Å². The largest absolute Gasteiger partial charge is 0.323 e. The predicted octanol–water partition coefficient (Wildman–Crippen LogP) is 3.67. The summed E-state index contributed by atoms with van der Waals surface area (Å²) in [7, 11) is 0. The van der Waals surface area contributed by atoms with E-state index in [0.717, 1.165) is 11.8 Å². The first-order valence-corrected chi connectivity index (χ1v) is 6.14. The summed E-state index contributed by atoms with van der Waals surface area (Å²) in [5.41, 5.74) is 7.76. The molecule has 0 saturated heterocycles. The molecule has 2 rings (SSSR count). The van der Waals surface area contributed by atoms with E-state index in [0.29, 0.717) is 0 Å². The van der Waals surface area contributed by atoms with Crippen LogP contribution < -0.4 is 5.73 Å². The molecule has 2 N–H and O–H groups in total. The summed E-state index contributed by atoms with van der Waals surface area (Å²) in [6, 6.07) is 8.38. The smallest absolute Gasteiger partial charge is 0.0352 e. The zero-order chi connectivity index (χ0) is 12.5. The molecule has 0 amide bonds. The highest BCUT2D eigenvalue weighted by Gasteiger charge is 2.26. The van der Waals surface area contributed by atoms with Crippen molar-refractivity contribution in [3.05, 3.63) is 42.2 Å². The molecule has 0 aliphatic heterocycles. The summed E-state index contributed by atoms with van der Waals surface area (Å²) < 4.78 is 0. The van der Waals surface area contributed by atoms with Gasteiger partial charge in [-0.3, -0.25) is 4.98 Å². The molecule has 0 saturated carbocycles. The number of nitrogens with zero attached hydrogens (tertiary/aromatic N) is 1. The molecule has 1 aromatic heterocycles. The number of nitrogens with two attached hydrogens (primary N) is 1. The predicted molar refractivity (Wildman–Crippen MR) is 72.7 cm³/mol. The zero-order valence-electron chi connectivity index (χ0n) is 10.8. The monoisotopic (exact) mass is 228 g/mol. The molecule has 0 fully saturated rings. The van der Waals surface area contributed by atoms with Crippen molar-refractivity contribution in [1.82, 2.24) is 4.98 Å². The SMILES string of the molecule is CCC(C)(C)C(N)c1cccc2cnccc12. The van der Waals surface area contributed by atoms with E-state index < -0.39 is 0 Å². The third kappa shape index (κ3) is 2.18. The minimum Gasteiger partial charge on any atom is -0.323 e. The molecule has 1 atom stereocenters. The molecule has 0 bridgehead atoms. The molecule has 1 aromatic carbocycles. The first-order chi connectivity index (χ1) is 8.06. The Morgan fingerprint density at radius 2 is 2.06 bits per heavy atom. The second kappa shape index (κ2) is 4.46. The standard InChI is InChI=1S/C15H20N2/c1-4-15(2,3)14(16)13-7-5-6-11-10-17-9-8-12(11)13/h5-10,14H,4,16H2,1-3H3. The van der Waals surface area contributed by atoms with Crippen LogP contribution in [0.3, 0.4) is 0 Å². The molecular weight excluding hydrogens is 208 g/mol. The number of rotatable bonds is 3. The van der Waals surface area contributed by atoms with Crippen LogP contribution in [0.25, 0.3) is 10.8 Å². The number of hydrogen-bond acceptors (Lipinski definition) is 2. The van der Waals surface area contributed by atoms with E-state index in [1.165, 1.54) is 10.9 Å². The molecule has 17 heavy (non-hydrogen) atoms. The van der Waals surface area contributed by atoms with Gasteiger partial charge in [0.15, 0.2) is 0 Å². The highest BCUT2D eigenvalue weighted by atomic mass is 14.7. The van der Waals surface area contributed by atoms with Gasteiger partial charge in [0.1, 0.15) is 0 Å². The lowest BCUT2D eigenvalue weighted by atomic mass is 9.78. The van der Waals surface area contributed by atoms with Crippen molar-refractivity contribution < 1.29 is 0 Å². The Hall–Kier alpha value is -1.41. The van der Waals surface area contributed by atoms with Crippen LogP contribution in [0.15, 0.2) is 36.7 Å². The maximum atomic E-state index is 6.43. The molecule has 0 spiro atoms. The van der Waals surface area contributed by atoms with Gasteiger partial charge >= 0.3 is 0 Å². The maximum Gasteiger partial charge on any atom is 0.0352 e. The van der Waals surface area contributed by atoms with Crippen LogP contribution in [-0.2, 0) is 0 Å². The van der Waals surface area contributed by atoms with Crippen LogP contribution in [0.2, 0.25) is 0 Å². The number of benzene rings is 1. The summed E-state index contributed by atoms with van der Waals surface area (Å²) in [4.78, 5) is 4.15. The van der Waals surface area contributed by atoms with Crippen LogP contribution in [0.5, 0.6) is 0 Å². The Kier molecular flexibility index (Phi) is 3.16. The molecule has 90 valence electrons. The summed E-state index contributed by atoms with van der Waals surface area (Å²) in [6.07, 6.45) is 4.79. The number of hydrogen-bond donors (Lipinski definition) is 1. The topological polar surface area (TPSA) is 38.9 Å². The van der Waals surface area contributed by atoms with E-state index in [9.17, 15) is 0 Å². The second-order valence-corrected chi connectivity index (χ2v) is 5.26. The summed E-state index contributed by atoms with van der Waals surface area (Å²) in [6.45, 7) is 6.63. The zero-order valence-corrected chi connectivity index (χ0v) is 10.8. The fraction of sp³-hybridized carbons (Fsp3) is 0.400. The normalized spacial score (nSPS) is 13.9. The summed E-state index contributed by atoms with van der Waals surface area (Å²) in [5.74, 6) is 0. The van der Waals surface area contributed by atoms with E-state index in [-0.39, 0.29) is 11.5 Å². The van der Waals surface area contributed by atoms with Crippen molar-refractivity contribution in [2.45, 2.75) is 33.2 Å². The van der Waals surface area contributed by atoms with Crippen molar-refractivity contribution in [2.75, 3.05) is 0 Å². The van der Waals surface area contributed by atoms with Crippen LogP contribution in [0, 0.1) is 5.41 Å². The van der Waals surface area contributed by atoms with Gasteiger partial charge in [0, 0.05) is 23.8 Å². The summed E-state index contributed by atoms with van der Waals surface area (Å²) in [5, 5.41) is 2.38. The third-order valence-corrected chi connectivity index (χ3v) is 3.80. The Bertz CT molecular complexity index is 512. The van der Waals surface area contributed by atoms with Crippen molar-refractivity contribution in [1.29, 1.82) is 0 Å². The molecule has 0 radical (unpaired) electrons. The van der Waals surface area contributed by atoms with Crippen LogP contribution in [0.4, 0.5) is 0 Å². The first-order valence-electron chi connectivity index (χ1n) is 6.14. The number of aromatic nitrogens is 1. The van der Waals surface area contributed by atoms with Crippen molar-refractivity contribution in [2.24, 2.45) is 11.1 Å². The van der Waals surface area contributed by atoms with Crippen LogP contribution >= 0.6 is 0 Å².